The van der Waals surface area contributed by atoms with E-state index in [4.69, 9.17) is 16.7 Å². The molecular weight excluding hydrogens is 641 g/mol. The molecule has 48 heavy (non-hydrogen) atoms. The summed E-state index contributed by atoms with van der Waals surface area (Å²) in [6, 6.07) is 18.4. The molecule has 10 nitrogen and oxygen atoms in total. The molecule has 2 saturated heterocycles. The van der Waals surface area contributed by atoms with Crippen LogP contribution >= 0.6 is 11.6 Å². The number of carbonyl (C=O) groups is 5. The average Bonchev–Trinajstić information content (AvgIpc) is 3.43. The van der Waals surface area contributed by atoms with Gasteiger partial charge in [-0.15, -0.1) is 0 Å². The Hall–Kier alpha value is -5.03. The van der Waals surface area contributed by atoms with Crippen LogP contribution in [0.3, 0.4) is 0 Å². The smallest absolute Gasteiger partial charge is 0.303 e. The van der Waals surface area contributed by atoms with Crippen LogP contribution in [0.15, 0.2) is 84.4 Å². The largest absolute Gasteiger partial charge is 0.508 e. The molecule has 4 amide bonds. The van der Waals surface area contributed by atoms with E-state index < -0.39 is 64.5 Å². The van der Waals surface area contributed by atoms with Gasteiger partial charge in [0.25, 0.3) is 11.8 Å². The lowest BCUT2D eigenvalue weighted by Crippen LogP contribution is -2.53. The summed E-state index contributed by atoms with van der Waals surface area (Å²) in [5, 5.41) is 21.2. The fourth-order valence-electron chi connectivity index (χ4n) is 8.41. The molecule has 3 fully saturated rings. The molecule has 2 heterocycles. The van der Waals surface area contributed by atoms with Crippen molar-refractivity contribution in [3.63, 3.8) is 0 Å². The van der Waals surface area contributed by atoms with Crippen LogP contribution < -0.4 is 5.43 Å². The highest BCUT2D eigenvalue weighted by Gasteiger charge is 2.70. The van der Waals surface area contributed by atoms with E-state index in [0.29, 0.717) is 27.4 Å². The maximum Gasteiger partial charge on any atom is 0.303 e. The predicted molar refractivity (Wildman–Crippen MR) is 171 cm³/mol. The number of hydrazine groups is 1. The number of fused-ring (bicyclic) bond motifs is 4. The first-order valence-electron chi connectivity index (χ1n) is 15.7. The Balaban J connectivity index is 1.39. The highest BCUT2D eigenvalue weighted by molar-refractivity contribution is 6.30. The minimum atomic E-state index is -1.55. The number of carbonyl (C=O) groups excluding carboxylic acids is 4. The van der Waals surface area contributed by atoms with Gasteiger partial charge in [-0.05, 0) is 84.8 Å². The standard InChI is InChI=1S/C36H31ClFN3O7/c37-21-8-6-20(7-9-21)36-28(33(46)41(35(36)48)39-23-12-10-22(38)11-13-23)18-27-25(31(36)19-3-1-4-24(42)17-19)14-15-26-30(27)34(47)40(32(26)45)16-2-5-29(43)44/h1,3-4,6-14,17,26-28,30-31,39,42H,2,5,15-16,18H2,(H,43,44)/t26-,27+,28-,30-,31-,36+/m0/s1. The molecule has 246 valence electrons. The van der Waals surface area contributed by atoms with Crippen molar-refractivity contribution in [1.82, 2.24) is 9.91 Å². The Morgan fingerprint density at radius 2 is 1.69 bits per heavy atom. The molecule has 0 radical (unpaired) electrons. The number of allylic oxidation sites excluding steroid dienone is 2. The zero-order chi connectivity index (χ0) is 33.9. The number of phenolic OH excluding ortho intramolecular Hbond substituents is 1. The molecule has 7 rings (SSSR count). The first-order valence-corrected chi connectivity index (χ1v) is 16.1. The van der Waals surface area contributed by atoms with E-state index in [1.165, 1.54) is 30.3 Å². The third-order valence-electron chi connectivity index (χ3n) is 10.3. The highest BCUT2D eigenvalue weighted by atomic mass is 35.5. The van der Waals surface area contributed by atoms with Gasteiger partial charge in [0.15, 0.2) is 0 Å². The van der Waals surface area contributed by atoms with Gasteiger partial charge in [0.05, 0.1) is 28.9 Å². The van der Waals surface area contributed by atoms with E-state index in [0.717, 1.165) is 9.91 Å². The Bertz CT molecular complexity index is 1880. The van der Waals surface area contributed by atoms with Crippen LogP contribution in [-0.2, 0) is 29.4 Å². The number of rotatable bonds is 8. The van der Waals surface area contributed by atoms with E-state index in [2.05, 4.69) is 5.43 Å². The van der Waals surface area contributed by atoms with Crippen molar-refractivity contribution in [3.05, 3.63) is 106 Å². The second-order valence-electron chi connectivity index (χ2n) is 12.8. The lowest BCUT2D eigenvalue weighted by Gasteiger charge is -2.50. The van der Waals surface area contributed by atoms with Crippen LogP contribution in [-0.4, -0.2) is 56.3 Å². The summed E-state index contributed by atoms with van der Waals surface area (Å²) >= 11 is 6.29. The molecular formula is C36H31ClFN3O7. The maximum atomic E-state index is 15.0. The van der Waals surface area contributed by atoms with Crippen molar-refractivity contribution >= 4 is 46.9 Å². The van der Waals surface area contributed by atoms with Gasteiger partial charge < -0.3 is 10.2 Å². The number of phenols is 1. The van der Waals surface area contributed by atoms with E-state index >= 15 is 4.79 Å². The normalized spacial score (nSPS) is 27.8. The molecule has 2 aliphatic heterocycles. The summed E-state index contributed by atoms with van der Waals surface area (Å²) in [5.74, 6) is -7.45. The number of nitrogens with zero attached hydrogens (tertiary/aromatic N) is 2. The molecule has 2 aliphatic carbocycles. The van der Waals surface area contributed by atoms with Gasteiger partial charge in [-0.1, -0.05) is 47.5 Å². The van der Waals surface area contributed by atoms with Crippen molar-refractivity contribution in [2.45, 2.75) is 37.0 Å². The second-order valence-corrected chi connectivity index (χ2v) is 13.2. The first kappa shape index (κ1) is 31.6. The molecule has 3 N–H and O–H groups in total. The summed E-state index contributed by atoms with van der Waals surface area (Å²) in [6.07, 6.45) is 2.10. The number of halogens is 2. The Morgan fingerprint density at radius 3 is 2.38 bits per heavy atom. The molecule has 4 aliphatic rings. The van der Waals surface area contributed by atoms with Crippen molar-refractivity contribution in [3.8, 4) is 5.75 Å². The number of hydrogen-bond acceptors (Lipinski definition) is 7. The quantitative estimate of drug-likeness (QED) is 0.223. The van der Waals surface area contributed by atoms with Gasteiger partial charge in [-0.2, -0.15) is 5.01 Å². The molecule has 0 spiro atoms. The molecule has 3 aromatic rings. The zero-order valence-electron chi connectivity index (χ0n) is 25.5. The van der Waals surface area contributed by atoms with Gasteiger partial charge in [0, 0.05) is 23.9 Å². The highest BCUT2D eigenvalue weighted by Crippen LogP contribution is 2.64. The van der Waals surface area contributed by atoms with Crippen molar-refractivity contribution in [2.24, 2.45) is 23.7 Å². The SMILES string of the molecule is O=C(O)CCCN1C(=O)[C@H]2[C@H](CC=C3[C@H]2C[C@H]2C(=O)N(Nc4ccc(F)cc4)C(=O)[C@@]2(c2ccc(Cl)cc2)[C@H]3c2cccc(O)c2)C1=O. The molecule has 3 aromatic carbocycles. The van der Waals surface area contributed by atoms with Gasteiger partial charge in [-0.3, -0.25) is 34.3 Å². The number of imide groups is 2. The number of anilines is 1. The summed E-state index contributed by atoms with van der Waals surface area (Å²) in [5.41, 5.74) is 3.42. The Labute approximate surface area is 279 Å². The average molecular weight is 672 g/mol. The molecule has 1 saturated carbocycles. The monoisotopic (exact) mass is 671 g/mol. The van der Waals surface area contributed by atoms with Crippen LogP contribution in [0.5, 0.6) is 5.75 Å². The summed E-state index contributed by atoms with van der Waals surface area (Å²) < 4.78 is 13.8. The summed E-state index contributed by atoms with van der Waals surface area (Å²) in [6.45, 7) is -0.0278. The lowest BCUT2D eigenvalue weighted by atomic mass is 9.49. The number of amides is 4. The number of nitrogens with one attached hydrogen (secondary N) is 1. The first-order chi connectivity index (χ1) is 23.0. The van der Waals surface area contributed by atoms with Crippen LogP contribution in [0, 0.1) is 29.5 Å². The fourth-order valence-corrected chi connectivity index (χ4v) is 8.53. The van der Waals surface area contributed by atoms with Gasteiger partial charge >= 0.3 is 5.97 Å². The van der Waals surface area contributed by atoms with Crippen molar-refractivity contribution < 1.29 is 38.6 Å². The Morgan fingerprint density at radius 1 is 0.958 bits per heavy atom. The fraction of sp³-hybridized carbons (Fsp3) is 0.306. The third kappa shape index (κ3) is 4.87. The Kier molecular flexibility index (Phi) is 7.82. The maximum absolute atomic E-state index is 15.0. The van der Waals surface area contributed by atoms with Crippen LogP contribution in [0.25, 0.3) is 0 Å². The number of hydrogen-bond donors (Lipinski definition) is 3. The van der Waals surface area contributed by atoms with Crippen LogP contribution in [0.2, 0.25) is 5.02 Å². The number of aromatic hydroxyl groups is 1. The number of aliphatic carboxylic acids is 1. The van der Waals surface area contributed by atoms with Gasteiger partial charge in [0.2, 0.25) is 11.8 Å². The van der Waals surface area contributed by atoms with Crippen molar-refractivity contribution in [1.29, 1.82) is 0 Å². The topological polar surface area (TPSA) is 144 Å². The van der Waals surface area contributed by atoms with Crippen LogP contribution in [0.4, 0.5) is 10.1 Å². The van der Waals surface area contributed by atoms with E-state index in [9.17, 15) is 28.7 Å². The zero-order valence-corrected chi connectivity index (χ0v) is 26.3. The number of likely N-dealkylation sites (tertiary alicyclic amines) is 1. The van der Waals surface area contributed by atoms with E-state index in [1.807, 2.05) is 6.08 Å². The number of carboxylic acid groups (broad SMARTS) is 1. The van der Waals surface area contributed by atoms with E-state index in [-0.39, 0.29) is 43.9 Å². The summed E-state index contributed by atoms with van der Waals surface area (Å²) in [4.78, 5) is 69.4. The number of carboxylic acids is 1. The molecule has 0 unspecified atom stereocenters. The molecule has 6 atom stereocenters. The summed E-state index contributed by atoms with van der Waals surface area (Å²) in [7, 11) is 0. The minimum Gasteiger partial charge on any atom is -0.508 e. The second kappa shape index (κ2) is 11.9. The molecule has 0 aromatic heterocycles. The predicted octanol–water partition coefficient (Wildman–Crippen LogP) is 5.03. The van der Waals surface area contributed by atoms with Gasteiger partial charge in [0.1, 0.15) is 11.6 Å². The van der Waals surface area contributed by atoms with E-state index in [1.54, 1.807) is 42.5 Å². The molecule has 12 heteroatoms. The minimum absolute atomic E-state index is 0.0278. The van der Waals surface area contributed by atoms with Crippen molar-refractivity contribution in [2.75, 3.05) is 12.0 Å². The van der Waals surface area contributed by atoms with Gasteiger partial charge in [-0.25, -0.2) is 4.39 Å². The number of benzene rings is 3. The van der Waals surface area contributed by atoms with Crippen LogP contribution in [0.1, 0.15) is 42.7 Å². The molecule has 0 bridgehead atoms. The third-order valence-corrected chi connectivity index (χ3v) is 10.6. The lowest BCUT2D eigenvalue weighted by molar-refractivity contribution is -0.142.